The van der Waals surface area contributed by atoms with Gasteiger partial charge in [-0.25, -0.2) is 4.98 Å². The highest BCUT2D eigenvalue weighted by Gasteiger charge is 2.35. The van der Waals surface area contributed by atoms with Gasteiger partial charge < -0.3 is 5.32 Å². The minimum absolute atomic E-state index is 0.173. The van der Waals surface area contributed by atoms with Crippen molar-refractivity contribution in [3.05, 3.63) is 29.7 Å². The van der Waals surface area contributed by atoms with Crippen LogP contribution in [-0.4, -0.2) is 15.9 Å². The molecule has 3 rings (SSSR count). The first-order chi connectivity index (χ1) is 11.8. The molecule has 0 saturated heterocycles. The van der Waals surface area contributed by atoms with Crippen molar-refractivity contribution in [1.82, 2.24) is 9.97 Å². The minimum Gasteiger partial charge on any atom is -0.302 e. The molecule has 1 aliphatic rings. The van der Waals surface area contributed by atoms with E-state index in [2.05, 4.69) is 31.2 Å². The number of nitrogens with zero attached hydrogens (tertiary/aromatic N) is 2. The topological polar surface area (TPSA) is 54.9 Å². The number of hydrogen-bond acceptors (Lipinski definition) is 4. The summed E-state index contributed by atoms with van der Waals surface area (Å²) in [6, 6.07) is 3.72. The van der Waals surface area contributed by atoms with Crippen molar-refractivity contribution in [2.75, 3.05) is 5.32 Å². The number of amides is 1. The molecule has 0 aliphatic heterocycles. The third-order valence-corrected chi connectivity index (χ3v) is 5.42. The van der Waals surface area contributed by atoms with Gasteiger partial charge in [0.1, 0.15) is 0 Å². The number of alkyl halides is 1. The van der Waals surface area contributed by atoms with Crippen LogP contribution in [0, 0.1) is 0 Å². The standard InChI is InChI=1S/C16H18BrN3OS/c1-10(21)19-15-20-12(9-17)14(22-15)11-4-7-18-13(8-11)16(2)5-3-6-16/h4,7-8H,3,5-6,9H2,1-2H3,(H,19,20,21)/i2D3. The summed E-state index contributed by atoms with van der Waals surface area (Å²) in [4.78, 5) is 21.0. The zero-order chi connectivity index (χ0) is 18.2. The zero-order valence-electron chi connectivity index (χ0n) is 15.1. The van der Waals surface area contributed by atoms with Crippen LogP contribution in [0.5, 0.6) is 0 Å². The SMILES string of the molecule is [2H]C([2H])([2H])C1(c2cc(-c3sc(NC(C)=O)nc3CBr)ccn2)CCC1. The lowest BCUT2D eigenvalue weighted by Crippen LogP contribution is -2.31. The summed E-state index contributed by atoms with van der Waals surface area (Å²) in [5.74, 6) is -0.173. The largest absolute Gasteiger partial charge is 0.302 e. The highest BCUT2D eigenvalue weighted by atomic mass is 79.9. The van der Waals surface area contributed by atoms with E-state index >= 15 is 0 Å². The molecule has 1 amide bonds. The van der Waals surface area contributed by atoms with Gasteiger partial charge in [-0.2, -0.15) is 0 Å². The fourth-order valence-corrected chi connectivity index (χ4v) is 4.11. The van der Waals surface area contributed by atoms with E-state index < -0.39 is 12.3 Å². The van der Waals surface area contributed by atoms with E-state index in [9.17, 15) is 4.79 Å². The number of halogens is 1. The molecule has 0 atom stereocenters. The van der Waals surface area contributed by atoms with Crippen molar-refractivity contribution in [2.24, 2.45) is 0 Å². The van der Waals surface area contributed by atoms with Crippen molar-refractivity contribution in [1.29, 1.82) is 0 Å². The van der Waals surface area contributed by atoms with E-state index in [4.69, 9.17) is 4.11 Å². The maximum Gasteiger partial charge on any atom is 0.223 e. The second-order valence-corrected chi connectivity index (χ2v) is 7.03. The normalized spacial score (nSPS) is 18.7. The molecule has 22 heavy (non-hydrogen) atoms. The Labute approximate surface area is 146 Å². The van der Waals surface area contributed by atoms with Crippen LogP contribution in [0.15, 0.2) is 18.3 Å². The van der Waals surface area contributed by atoms with E-state index in [0.29, 0.717) is 29.0 Å². The van der Waals surface area contributed by atoms with Crippen molar-refractivity contribution >= 4 is 38.3 Å². The Balaban J connectivity index is 2.03. The first-order valence-electron chi connectivity index (χ1n) is 8.57. The predicted molar refractivity (Wildman–Crippen MR) is 93.5 cm³/mol. The van der Waals surface area contributed by atoms with Gasteiger partial charge in [0.15, 0.2) is 5.13 Å². The molecule has 116 valence electrons. The number of carbonyl (C=O) groups excluding carboxylic acids is 1. The highest BCUT2D eigenvalue weighted by Crippen LogP contribution is 2.43. The number of aromatic nitrogens is 2. The Kier molecular flexibility index (Phi) is 3.37. The number of thiazole rings is 1. The van der Waals surface area contributed by atoms with Crippen LogP contribution in [0.2, 0.25) is 0 Å². The average molecular weight is 383 g/mol. The van der Waals surface area contributed by atoms with E-state index in [0.717, 1.165) is 22.6 Å². The Morgan fingerprint density at radius 2 is 2.41 bits per heavy atom. The quantitative estimate of drug-likeness (QED) is 0.791. The van der Waals surface area contributed by atoms with Crippen LogP contribution in [0.1, 0.15) is 48.5 Å². The molecule has 1 saturated carbocycles. The molecule has 1 N–H and O–H groups in total. The third kappa shape index (κ3) is 2.94. The van der Waals surface area contributed by atoms with Gasteiger partial charge in [-0.15, -0.1) is 0 Å². The van der Waals surface area contributed by atoms with E-state index in [1.54, 1.807) is 6.20 Å². The smallest absolute Gasteiger partial charge is 0.223 e. The maximum absolute atomic E-state index is 11.3. The number of carbonyl (C=O) groups is 1. The van der Waals surface area contributed by atoms with Crippen molar-refractivity contribution < 1.29 is 8.91 Å². The zero-order valence-corrected chi connectivity index (χ0v) is 14.6. The lowest BCUT2D eigenvalue weighted by molar-refractivity contribution is -0.114. The molecular weight excluding hydrogens is 362 g/mol. The highest BCUT2D eigenvalue weighted by molar-refractivity contribution is 9.08. The number of nitrogens with one attached hydrogen (secondary N) is 1. The summed E-state index contributed by atoms with van der Waals surface area (Å²) >= 11 is 4.80. The van der Waals surface area contributed by atoms with Gasteiger partial charge in [-0.05, 0) is 30.5 Å². The van der Waals surface area contributed by atoms with Crippen molar-refractivity contribution in [3.8, 4) is 10.4 Å². The van der Waals surface area contributed by atoms with E-state index in [1.165, 1.54) is 18.3 Å². The second-order valence-electron chi connectivity index (χ2n) is 5.48. The first-order valence-corrected chi connectivity index (χ1v) is 9.01. The first kappa shape index (κ1) is 12.2. The van der Waals surface area contributed by atoms with Gasteiger partial charge in [0.25, 0.3) is 0 Å². The molecule has 0 bridgehead atoms. The number of pyridine rings is 1. The monoisotopic (exact) mass is 382 g/mol. The molecule has 2 aromatic rings. The molecule has 4 nitrogen and oxygen atoms in total. The van der Waals surface area contributed by atoms with Crippen molar-refractivity contribution in [3.63, 3.8) is 0 Å². The number of rotatable bonds is 4. The Morgan fingerprint density at radius 3 is 3.00 bits per heavy atom. The van der Waals surface area contributed by atoms with Gasteiger partial charge in [0.05, 0.1) is 10.6 Å². The molecule has 0 radical (unpaired) electrons. The Bertz CT molecular complexity index is 802. The van der Waals surface area contributed by atoms with Crippen molar-refractivity contribution in [2.45, 2.75) is 43.8 Å². The Morgan fingerprint density at radius 1 is 1.59 bits per heavy atom. The molecule has 0 aromatic carbocycles. The van der Waals surface area contributed by atoms with Gasteiger partial charge in [0, 0.05) is 33.7 Å². The molecule has 0 unspecified atom stereocenters. The lowest BCUT2D eigenvalue weighted by atomic mass is 9.68. The van der Waals surface area contributed by atoms with Crippen LogP contribution in [-0.2, 0) is 15.5 Å². The summed E-state index contributed by atoms with van der Waals surface area (Å²) in [6.45, 7) is -0.625. The fourth-order valence-electron chi connectivity index (χ4n) is 2.49. The van der Waals surface area contributed by atoms with E-state index in [1.807, 2.05) is 12.1 Å². The molecule has 1 aliphatic carbocycles. The summed E-state index contributed by atoms with van der Waals surface area (Å²) in [7, 11) is 0. The molecule has 1 fully saturated rings. The molecule has 6 heteroatoms. The third-order valence-electron chi connectivity index (χ3n) is 3.83. The second kappa shape index (κ2) is 6.08. The van der Waals surface area contributed by atoms with Crippen LogP contribution < -0.4 is 5.32 Å². The van der Waals surface area contributed by atoms with Crippen LogP contribution in [0.3, 0.4) is 0 Å². The number of anilines is 1. The molecular formula is C16H18BrN3OS. The van der Waals surface area contributed by atoms with Crippen LogP contribution in [0.25, 0.3) is 10.4 Å². The summed E-state index contributed by atoms with van der Waals surface area (Å²) in [6.07, 6.45) is 3.83. The molecule has 2 heterocycles. The van der Waals surface area contributed by atoms with Gasteiger partial charge >= 0.3 is 0 Å². The summed E-state index contributed by atoms with van der Waals surface area (Å²) in [5, 5.41) is 3.78. The Hall–Kier alpha value is -1.27. The predicted octanol–water partition coefficient (Wildman–Crippen LogP) is 4.50. The van der Waals surface area contributed by atoms with E-state index in [-0.39, 0.29) is 5.91 Å². The molecule has 2 aromatic heterocycles. The summed E-state index contributed by atoms with van der Waals surface area (Å²) < 4.78 is 23.8. The minimum atomic E-state index is -2.07. The van der Waals surface area contributed by atoms with Gasteiger partial charge in [-0.1, -0.05) is 40.5 Å². The number of hydrogen-bond donors (Lipinski definition) is 1. The van der Waals surface area contributed by atoms with Crippen LogP contribution >= 0.6 is 27.3 Å². The summed E-state index contributed by atoms with van der Waals surface area (Å²) in [5.41, 5.74) is 1.46. The average Bonchev–Trinajstić information content (AvgIpc) is 2.87. The fraction of sp³-hybridized carbons (Fsp3) is 0.438. The van der Waals surface area contributed by atoms with Gasteiger partial charge in [-0.3, -0.25) is 9.78 Å². The van der Waals surface area contributed by atoms with Crippen LogP contribution in [0.4, 0.5) is 5.13 Å². The molecule has 0 spiro atoms. The maximum atomic E-state index is 11.3. The van der Waals surface area contributed by atoms with Gasteiger partial charge in [0.2, 0.25) is 5.91 Å². The lowest BCUT2D eigenvalue weighted by Gasteiger charge is -2.37.